The Balaban J connectivity index is 0.000000164. The van der Waals surface area contributed by atoms with Gasteiger partial charge in [0.05, 0.1) is 34.2 Å². The van der Waals surface area contributed by atoms with E-state index in [1.165, 1.54) is 0 Å². The quantitative estimate of drug-likeness (QED) is 0.136. The van der Waals surface area contributed by atoms with Crippen LogP contribution in [0.25, 0.3) is 34.2 Å². The van der Waals surface area contributed by atoms with Gasteiger partial charge < -0.3 is 0 Å². The number of hydrogen-bond donors (Lipinski definition) is 1. The minimum Gasteiger partial charge on any atom is -0.279 e. The number of imide groups is 1. The van der Waals surface area contributed by atoms with E-state index < -0.39 is 11.8 Å². The Morgan fingerprint density at radius 3 is 0.711 bits per heavy atom. The number of amides is 2. The molecule has 1 fully saturated rings. The molecule has 0 spiro atoms. The van der Waals surface area contributed by atoms with Gasteiger partial charge >= 0.3 is 0 Å². The van der Waals surface area contributed by atoms with Crippen LogP contribution in [0.3, 0.4) is 0 Å². The molecule has 45 heavy (non-hydrogen) atoms. The molecule has 10 nitrogen and oxygen atoms in total. The van der Waals surface area contributed by atoms with E-state index in [1.807, 2.05) is 109 Å². The minimum atomic E-state index is -0.505. The van der Waals surface area contributed by atoms with Gasteiger partial charge in [0.1, 0.15) is 0 Å². The molecule has 1 aliphatic rings. The summed E-state index contributed by atoms with van der Waals surface area (Å²) < 4.78 is 0. The Morgan fingerprint density at radius 1 is 0.400 bits per heavy atom. The number of carbonyl (C=O) groups is 2. The fraction of sp³-hybridized carbons (Fsp3) is 0.0588. The van der Waals surface area contributed by atoms with E-state index in [2.05, 4.69) is 29.9 Å². The molecule has 6 aromatic heterocycles. The third-order valence-electron chi connectivity index (χ3n) is 5.80. The van der Waals surface area contributed by atoms with Crippen molar-refractivity contribution in [3.05, 3.63) is 146 Å². The first-order valence-corrected chi connectivity index (χ1v) is 13.6. The van der Waals surface area contributed by atoms with Crippen molar-refractivity contribution in [2.45, 2.75) is 12.8 Å². The Morgan fingerprint density at radius 2 is 0.600 bits per heavy atom. The van der Waals surface area contributed by atoms with E-state index in [1.54, 1.807) is 37.2 Å². The third kappa shape index (κ3) is 11.3. The molecular formula is C34H29N7O3Ru. The summed E-state index contributed by atoms with van der Waals surface area (Å²) in [4.78, 5) is 45.6. The smallest absolute Gasteiger partial charge is 0.253 e. The van der Waals surface area contributed by atoms with Gasteiger partial charge in [-0.05, 0) is 72.8 Å². The maximum atomic E-state index is 10.2. The number of nitrogens with zero attached hydrogens (tertiary/aromatic N) is 7. The van der Waals surface area contributed by atoms with Crippen molar-refractivity contribution >= 4 is 11.8 Å². The van der Waals surface area contributed by atoms with Gasteiger partial charge in [-0.2, -0.15) is 5.06 Å². The Bertz CT molecular complexity index is 1380. The van der Waals surface area contributed by atoms with Crippen LogP contribution in [0.1, 0.15) is 12.8 Å². The fourth-order valence-corrected chi connectivity index (χ4v) is 3.65. The van der Waals surface area contributed by atoms with Gasteiger partial charge in [-0.1, -0.05) is 36.4 Å². The Hall–Kier alpha value is -5.38. The first kappa shape index (κ1) is 34.1. The molecule has 2 amide bonds. The summed E-state index contributed by atoms with van der Waals surface area (Å²) in [7, 11) is 0. The van der Waals surface area contributed by atoms with Gasteiger partial charge in [-0.15, -0.1) is 0 Å². The largest absolute Gasteiger partial charge is 0.279 e. The van der Waals surface area contributed by atoms with E-state index >= 15 is 0 Å². The molecule has 1 aliphatic heterocycles. The summed E-state index contributed by atoms with van der Waals surface area (Å²) in [6.45, 7) is 0. The SMILES string of the molecule is O=C1CCC(=O)N1O.[Ru].c1ccc(-c2ccccn2)nc1.c1ccc(-c2ccccn2)nc1.c1ccc(-c2ccccn2)nc1. The van der Waals surface area contributed by atoms with E-state index in [9.17, 15) is 9.59 Å². The molecule has 1 N–H and O–H groups in total. The number of hydroxylamine groups is 2. The van der Waals surface area contributed by atoms with Crippen LogP contribution < -0.4 is 0 Å². The average Bonchev–Trinajstić information content (AvgIpc) is 3.42. The summed E-state index contributed by atoms with van der Waals surface area (Å²) in [5.41, 5.74) is 5.49. The van der Waals surface area contributed by atoms with Crippen LogP contribution in [-0.2, 0) is 29.1 Å². The van der Waals surface area contributed by atoms with Crippen molar-refractivity contribution in [1.29, 1.82) is 0 Å². The monoisotopic (exact) mass is 685 g/mol. The molecular weight excluding hydrogens is 655 g/mol. The summed E-state index contributed by atoms with van der Waals surface area (Å²) in [6.07, 6.45) is 10.9. The minimum absolute atomic E-state index is 0. The van der Waals surface area contributed by atoms with Crippen molar-refractivity contribution in [3.63, 3.8) is 0 Å². The van der Waals surface area contributed by atoms with Gasteiger partial charge in [0, 0.05) is 69.5 Å². The van der Waals surface area contributed by atoms with Crippen LogP contribution >= 0.6 is 0 Å². The zero-order valence-corrected chi connectivity index (χ0v) is 25.8. The number of rotatable bonds is 3. The van der Waals surface area contributed by atoms with Gasteiger partial charge in [-0.25, -0.2) is 0 Å². The zero-order chi connectivity index (χ0) is 30.8. The van der Waals surface area contributed by atoms with Crippen molar-refractivity contribution < 1.29 is 34.3 Å². The standard InChI is InChI=1S/3C10H8N2.C4H5NO3.Ru/c3*1-3-7-11-9(5-1)10-6-2-4-8-12-10;6-3-1-2-4(7)5(3)8;/h3*1-8H;8H,1-2H2;. The molecule has 0 aliphatic carbocycles. The molecule has 0 aromatic carbocycles. The number of hydrogen-bond acceptors (Lipinski definition) is 9. The number of pyridine rings is 6. The molecule has 0 unspecified atom stereocenters. The van der Waals surface area contributed by atoms with Gasteiger partial charge in [0.2, 0.25) is 0 Å². The van der Waals surface area contributed by atoms with Crippen molar-refractivity contribution in [3.8, 4) is 34.2 Å². The average molecular weight is 685 g/mol. The summed E-state index contributed by atoms with van der Waals surface area (Å²) in [5.74, 6) is -1.01. The molecule has 1 saturated heterocycles. The predicted molar refractivity (Wildman–Crippen MR) is 165 cm³/mol. The van der Waals surface area contributed by atoms with Crippen molar-refractivity contribution in [2.75, 3.05) is 0 Å². The number of aromatic nitrogens is 6. The number of carbonyl (C=O) groups excluding carboxylic acids is 2. The predicted octanol–water partition coefficient (Wildman–Crippen LogP) is 5.95. The molecule has 7 heterocycles. The second-order valence-electron chi connectivity index (χ2n) is 8.89. The first-order chi connectivity index (χ1) is 21.6. The summed E-state index contributed by atoms with van der Waals surface area (Å²) in [5, 5.41) is 8.57. The second kappa shape index (κ2) is 19.0. The van der Waals surface area contributed by atoms with Gasteiger partial charge in [-0.3, -0.25) is 44.7 Å². The summed E-state index contributed by atoms with van der Waals surface area (Å²) >= 11 is 0. The molecule has 0 saturated carbocycles. The van der Waals surface area contributed by atoms with Crippen LogP contribution in [0.15, 0.2) is 146 Å². The Kier molecular flexibility index (Phi) is 14.4. The van der Waals surface area contributed by atoms with Crippen LogP contribution in [0.5, 0.6) is 0 Å². The van der Waals surface area contributed by atoms with E-state index in [0.717, 1.165) is 34.2 Å². The molecule has 226 valence electrons. The van der Waals surface area contributed by atoms with Gasteiger partial charge in [0.15, 0.2) is 0 Å². The van der Waals surface area contributed by atoms with Crippen LogP contribution in [-0.4, -0.2) is 52.0 Å². The van der Waals surface area contributed by atoms with E-state index in [4.69, 9.17) is 5.21 Å². The molecule has 0 bridgehead atoms. The van der Waals surface area contributed by atoms with Gasteiger partial charge in [0.25, 0.3) is 11.8 Å². The normalized spacial score (nSPS) is 11.4. The molecule has 11 heteroatoms. The van der Waals surface area contributed by atoms with Crippen molar-refractivity contribution in [2.24, 2.45) is 0 Å². The summed E-state index contributed by atoms with van der Waals surface area (Å²) in [6, 6.07) is 34.8. The Labute approximate surface area is 273 Å². The second-order valence-corrected chi connectivity index (χ2v) is 8.89. The topological polar surface area (TPSA) is 135 Å². The van der Waals surface area contributed by atoms with E-state index in [0.29, 0.717) is 0 Å². The molecule has 7 rings (SSSR count). The van der Waals surface area contributed by atoms with E-state index in [-0.39, 0.29) is 37.4 Å². The van der Waals surface area contributed by atoms with Crippen molar-refractivity contribution in [1.82, 2.24) is 35.0 Å². The zero-order valence-electron chi connectivity index (χ0n) is 24.0. The fourth-order valence-electron chi connectivity index (χ4n) is 3.65. The molecule has 0 atom stereocenters. The maximum Gasteiger partial charge on any atom is 0.253 e. The third-order valence-corrected chi connectivity index (χ3v) is 5.80. The maximum absolute atomic E-state index is 10.2. The first-order valence-electron chi connectivity index (χ1n) is 13.6. The molecule has 0 radical (unpaired) electrons. The van der Waals surface area contributed by atoms with Crippen LogP contribution in [0, 0.1) is 0 Å². The van der Waals surface area contributed by atoms with Crippen LogP contribution in [0.2, 0.25) is 0 Å². The van der Waals surface area contributed by atoms with Crippen LogP contribution in [0.4, 0.5) is 0 Å². The molecule has 6 aromatic rings.